The first-order chi connectivity index (χ1) is 21.5. The molecule has 0 saturated carbocycles. The van der Waals surface area contributed by atoms with Gasteiger partial charge in [0.25, 0.3) is 0 Å². The van der Waals surface area contributed by atoms with Crippen LogP contribution in [0.1, 0.15) is 57.3 Å². The third-order valence-electron chi connectivity index (χ3n) is 7.64. The number of esters is 2. The SMILES string of the molecule is COc1ccc(C[C@H]2NC(=O)C=CCC(CC3OC3c3ccccc3)OC(=O)[C@H](CC(C)C)OC(=O)[C@H](C)CNC2=O)cc1Cl. The van der Waals surface area contributed by atoms with Crippen molar-refractivity contribution < 1.29 is 38.1 Å². The molecule has 0 aliphatic carbocycles. The van der Waals surface area contributed by atoms with Gasteiger partial charge in [-0.1, -0.05) is 74.8 Å². The molecule has 6 atom stereocenters. The van der Waals surface area contributed by atoms with Crippen LogP contribution < -0.4 is 15.4 Å². The van der Waals surface area contributed by atoms with E-state index in [0.717, 1.165) is 5.56 Å². The molecule has 4 rings (SSSR count). The number of halogens is 1. The van der Waals surface area contributed by atoms with Crippen molar-refractivity contribution in [1.82, 2.24) is 10.6 Å². The zero-order chi connectivity index (χ0) is 32.5. The molecule has 2 amide bonds. The van der Waals surface area contributed by atoms with Crippen molar-refractivity contribution in [2.45, 2.75) is 76.9 Å². The topological polar surface area (TPSA) is 133 Å². The summed E-state index contributed by atoms with van der Waals surface area (Å²) >= 11 is 6.29. The zero-order valence-electron chi connectivity index (χ0n) is 26.0. The standard InChI is InChI=1S/C34H41ClN2O8/c1-20(2)15-29-34(41)43-24(18-28-31(44-28)23-9-6-5-7-10-23)11-8-12-30(38)37-26(32(39)36-19-21(3)33(40)45-29)17-22-13-14-27(42-4)25(35)16-22/h5-10,12-14,16,20-21,24,26,28-29,31H,11,15,17-19H2,1-4H3,(H,36,39)(H,37,38)/t21-,24?,26-,28?,29+,31?/m1/s1. The van der Waals surface area contributed by atoms with E-state index in [0.29, 0.717) is 22.8 Å². The second kappa shape index (κ2) is 15.9. The number of amides is 2. The van der Waals surface area contributed by atoms with E-state index in [-0.39, 0.29) is 43.9 Å². The number of benzene rings is 2. The summed E-state index contributed by atoms with van der Waals surface area (Å²) in [6, 6.07) is 13.9. The van der Waals surface area contributed by atoms with Gasteiger partial charge in [-0.3, -0.25) is 14.4 Å². The Kier molecular flexibility index (Phi) is 12.0. The van der Waals surface area contributed by atoms with E-state index in [1.165, 1.54) is 13.2 Å². The maximum absolute atomic E-state index is 13.3. The molecule has 2 N–H and O–H groups in total. The van der Waals surface area contributed by atoms with Crippen LogP contribution in [0.3, 0.4) is 0 Å². The molecule has 10 nitrogen and oxygen atoms in total. The van der Waals surface area contributed by atoms with E-state index in [4.69, 9.17) is 30.5 Å². The van der Waals surface area contributed by atoms with Crippen molar-refractivity contribution in [3.63, 3.8) is 0 Å². The molecule has 1 fully saturated rings. The number of hydrogen-bond donors (Lipinski definition) is 2. The fourth-order valence-corrected chi connectivity index (χ4v) is 5.40. The number of methoxy groups -OCH3 is 1. The predicted molar refractivity (Wildman–Crippen MR) is 167 cm³/mol. The summed E-state index contributed by atoms with van der Waals surface area (Å²) in [5.74, 6) is -2.51. The third kappa shape index (κ3) is 10.1. The highest BCUT2D eigenvalue weighted by Gasteiger charge is 2.42. The van der Waals surface area contributed by atoms with Crippen molar-refractivity contribution in [3.8, 4) is 5.75 Å². The first kappa shape index (κ1) is 34.0. The van der Waals surface area contributed by atoms with Crippen molar-refractivity contribution in [3.05, 3.63) is 76.8 Å². The molecule has 11 heteroatoms. The molecular formula is C34H41ClN2O8. The van der Waals surface area contributed by atoms with Crippen LogP contribution in [0.15, 0.2) is 60.7 Å². The van der Waals surface area contributed by atoms with Gasteiger partial charge in [-0.2, -0.15) is 0 Å². The lowest BCUT2D eigenvalue weighted by molar-refractivity contribution is -0.174. The summed E-state index contributed by atoms with van der Waals surface area (Å²) in [5, 5.41) is 5.84. The molecule has 0 radical (unpaired) electrons. The Morgan fingerprint density at radius 2 is 1.78 bits per heavy atom. The van der Waals surface area contributed by atoms with Crippen LogP contribution in [0, 0.1) is 11.8 Å². The normalized spacial score (nSPS) is 26.4. The average molecular weight is 641 g/mol. The van der Waals surface area contributed by atoms with Gasteiger partial charge in [0.15, 0.2) is 6.10 Å². The first-order valence-corrected chi connectivity index (χ1v) is 15.6. The molecular weight excluding hydrogens is 600 g/mol. The molecule has 242 valence electrons. The summed E-state index contributed by atoms with van der Waals surface area (Å²) in [7, 11) is 1.50. The number of hydrogen-bond acceptors (Lipinski definition) is 8. The van der Waals surface area contributed by atoms with Gasteiger partial charge in [-0.15, -0.1) is 0 Å². The van der Waals surface area contributed by atoms with Crippen LogP contribution in [-0.4, -0.2) is 61.8 Å². The molecule has 0 bridgehead atoms. The zero-order valence-corrected chi connectivity index (χ0v) is 26.8. The summed E-state index contributed by atoms with van der Waals surface area (Å²) in [5.41, 5.74) is 1.73. The van der Waals surface area contributed by atoms with Gasteiger partial charge in [0.1, 0.15) is 24.0 Å². The van der Waals surface area contributed by atoms with Crippen molar-refractivity contribution in [2.24, 2.45) is 11.8 Å². The second-order valence-corrected chi connectivity index (χ2v) is 12.3. The Hall–Kier alpha value is -3.89. The maximum atomic E-state index is 13.3. The van der Waals surface area contributed by atoms with Gasteiger partial charge >= 0.3 is 11.9 Å². The molecule has 2 aromatic carbocycles. The van der Waals surface area contributed by atoms with E-state index in [1.807, 2.05) is 44.2 Å². The minimum Gasteiger partial charge on any atom is -0.495 e. The van der Waals surface area contributed by atoms with Crippen LogP contribution in [-0.2, 0) is 39.8 Å². The highest BCUT2D eigenvalue weighted by molar-refractivity contribution is 6.32. The summed E-state index contributed by atoms with van der Waals surface area (Å²) in [6.45, 7) is 5.37. The Bertz CT molecular complexity index is 1380. The number of rotatable bonds is 8. The number of carbonyl (C=O) groups is 4. The molecule has 1 saturated heterocycles. The van der Waals surface area contributed by atoms with Crippen molar-refractivity contribution >= 4 is 35.4 Å². The Morgan fingerprint density at radius 1 is 1.02 bits per heavy atom. The molecule has 3 unspecified atom stereocenters. The van der Waals surface area contributed by atoms with E-state index in [2.05, 4.69) is 10.6 Å². The van der Waals surface area contributed by atoms with Gasteiger partial charge in [-0.05, 0) is 41.7 Å². The van der Waals surface area contributed by atoms with Crippen LogP contribution >= 0.6 is 11.6 Å². The molecule has 0 spiro atoms. The number of cyclic esters (lactones) is 2. The Morgan fingerprint density at radius 3 is 2.47 bits per heavy atom. The molecule has 2 aliphatic heterocycles. The minimum absolute atomic E-state index is 0.0411. The Balaban J connectivity index is 1.54. The van der Waals surface area contributed by atoms with Crippen molar-refractivity contribution in [1.29, 1.82) is 0 Å². The molecule has 45 heavy (non-hydrogen) atoms. The van der Waals surface area contributed by atoms with Gasteiger partial charge in [0.2, 0.25) is 11.8 Å². The number of ether oxygens (including phenoxy) is 4. The fraction of sp³-hybridized carbons (Fsp3) is 0.471. The Labute approximate surface area is 268 Å². The maximum Gasteiger partial charge on any atom is 0.347 e. The quantitative estimate of drug-likeness (QED) is 0.319. The van der Waals surface area contributed by atoms with Gasteiger partial charge < -0.3 is 29.6 Å². The highest BCUT2D eigenvalue weighted by atomic mass is 35.5. The van der Waals surface area contributed by atoms with E-state index >= 15 is 0 Å². The molecule has 2 heterocycles. The summed E-state index contributed by atoms with van der Waals surface area (Å²) in [6.07, 6.45) is 1.90. The lowest BCUT2D eigenvalue weighted by Gasteiger charge is -2.24. The van der Waals surface area contributed by atoms with Crippen LogP contribution in [0.4, 0.5) is 0 Å². The minimum atomic E-state index is -1.11. The van der Waals surface area contributed by atoms with Gasteiger partial charge in [0.05, 0.1) is 24.2 Å². The smallest absolute Gasteiger partial charge is 0.347 e. The van der Waals surface area contributed by atoms with E-state index < -0.39 is 47.9 Å². The van der Waals surface area contributed by atoms with Crippen molar-refractivity contribution in [2.75, 3.05) is 13.7 Å². The van der Waals surface area contributed by atoms with Crippen LogP contribution in [0.25, 0.3) is 0 Å². The van der Waals surface area contributed by atoms with Crippen LogP contribution in [0.5, 0.6) is 5.75 Å². The van der Waals surface area contributed by atoms with Gasteiger partial charge in [-0.25, -0.2) is 4.79 Å². The number of epoxide rings is 1. The monoisotopic (exact) mass is 640 g/mol. The molecule has 2 aromatic rings. The fourth-order valence-electron chi connectivity index (χ4n) is 5.12. The molecule has 2 aliphatic rings. The van der Waals surface area contributed by atoms with Crippen LogP contribution in [0.2, 0.25) is 5.02 Å². The largest absolute Gasteiger partial charge is 0.495 e. The first-order valence-electron chi connectivity index (χ1n) is 15.2. The average Bonchev–Trinajstić information content (AvgIpc) is 3.77. The highest BCUT2D eigenvalue weighted by Crippen LogP contribution is 2.42. The van der Waals surface area contributed by atoms with Gasteiger partial charge in [0, 0.05) is 25.8 Å². The van der Waals surface area contributed by atoms with E-state index in [9.17, 15) is 19.2 Å². The van der Waals surface area contributed by atoms with E-state index in [1.54, 1.807) is 31.2 Å². The lowest BCUT2D eigenvalue weighted by Crippen LogP contribution is -2.49. The predicted octanol–water partition coefficient (Wildman–Crippen LogP) is 4.49. The second-order valence-electron chi connectivity index (χ2n) is 11.9. The summed E-state index contributed by atoms with van der Waals surface area (Å²) in [4.78, 5) is 52.6. The lowest BCUT2D eigenvalue weighted by atomic mass is 10.0. The molecule has 0 aromatic heterocycles. The third-order valence-corrected chi connectivity index (χ3v) is 7.93. The number of nitrogens with one attached hydrogen (secondary N) is 2. The summed E-state index contributed by atoms with van der Waals surface area (Å²) < 4.78 is 22.6. The number of carbonyl (C=O) groups excluding carboxylic acids is 4.